The first-order chi connectivity index (χ1) is 12.1. The summed E-state index contributed by atoms with van der Waals surface area (Å²) >= 11 is 0. The molecule has 0 aliphatic carbocycles. The van der Waals surface area contributed by atoms with Gasteiger partial charge >= 0.3 is 0 Å². The third kappa shape index (κ3) is 2.31. The summed E-state index contributed by atoms with van der Waals surface area (Å²) in [5.41, 5.74) is 2.82. The van der Waals surface area contributed by atoms with Crippen LogP contribution in [0.25, 0.3) is 11.0 Å². The molecule has 1 aromatic carbocycles. The highest BCUT2D eigenvalue weighted by molar-refractivity contribution is 6.01. The van der Waals surface area contributed by atoms with Crippen LogP contribution < -0.4 is 10.6 Å². The summed E-state index contributed by atoms with van der Waals surface area (Å²) < 4.78 is 5.99. The second-order valence-corrected chi connectivity index (χ2v) is 6.03. The van der Waals surface area contributed by atoms with Crippen molar-refractivity contribution in [3.8, 4) is 0 Å². The normalized spacial score (nSPS) is 16.6. The number of aromatic nitrogens is 2. The van der Waals surface area contributed by atoms with E-state index in [0.717, 1.165) is 22.3 Å². The standard InChI is InChI=1S/C18H18N4O3/c1-3-11-14(9-6-4-5-7-12(9)25-11)10-8-13(23)20-17-15(10)16(21-22-17)18(24)19-2/h4-7,10H,3,8H2,1-2H3,(H,19,24)(H2,20,21,22,23). The summed E-state index contributed by atoms with van der Waals surface area (Å²) in [5, 5.41) is 13.2. The van der Waals surface area contributed by atoms with Gasteiger partial charge in [-0.05, 0) is 6.07 Å². The number of rotatable bonds is 3. The number of hydrogen-bond donors (Lipinski definition) is 3. The molecule has 7 nitrogen and oxygen atoms in total. The van der Waals surface area contributed by atoms with Gasteiger partial charge in [0.25, 0.3) is 5.91 Å². The van der Waals surface area contributed by atoms with Crippen molar-refractivity contribution in [2.24, 2.45) is 0 Å². The number of carbonyl (C=O) groups is 2. The van der Waals surface area contributed by atoms with Crippen LogP contribution in [0.15, 0.2) is 28.7 Å². The number of furan rings is 1. The summed E-state index contributed by atoms with van der Waals surface area (Å²) in [4.78, 5) is 24.5. The molecule has 128 valence electrons. The van der Waals surface area contributed by atoms with E-state index < -0.39 is 0 Å². The lowest BCUT2D eigenvalue weighted by Crippen LogP contribution is -2.26. The molecule has 2 amide bonds. The molecule has 0 radical (unpaired) electrons. The van der Waals surface area contributed by atoms with Crippen LogP contribution in [0.3, 0.4) is 0 Å². The zero-order chi connectivity index (χ0) is 17.6. The number of H-pyrrole nitrogens is 1. The summed E-state index contributed by atoms with van der Waals surface area (Å²) in [6.45, 7) is 2.01. The molecule has 0 saturated carbocycles. The molecule has 7 heteroatoms. The van der Waals surface area contributed by atoms with Crippen LogP contribution >= 0.6 is 0 Å². The number of anilines is 1. The number of nitrogens with one attached hydrogen (secondary N) is 3. The number of carbonyl (C=O) groups excluding carboxylic acids is 2. The van der Waals surface area contributed by atoms with Gasteiger partial charge < -0.3 is 15.1 Å². The van der Waals surface area contributed by atoms with Crippen LogP contribution in [0.2, 0.25) is 0 Å². The van der Waals surface area contributed by atoms with E-state index >= 15 is 0 Å². The average molecular weight is 338 g/mol. The molecule has 1 aliphatic heterocycles. The summed E-state index contributed by atoms with van der Waals surface area (Å²) in [6, 6.07) is 7.76. The van der Waals surface area contributed by atoms with Crippen molar-refractivity contribution >= 4 is 28.6 Å². The fourth-order valence-corrected chi connectivity index (χ4v) is 3.56. The fourth-order valence-electron chi connectivity index (χ4n) is 3.56. The molecule has 0 spiro atoms. The Balaban J connectivity index is 1.97. The second kappa shape index (κ2) is 5.77. The summed E-state index contributed by atoms with van der Waals surface area (Å²) in [6.07, 6.45) is 0.942. The minimum atomic E-state index is -0.284. The Kier molecular flexibility index (Phi) is 3.56. The van der Waals surface area contributed by atoms with Gasteiger partial charge in [0.2, 0.25) is 5.91 Å². The predicted molar refractivity (Wildman–Crippen MR) is 92.7 cm³/mol. The van der Waals surface area contributed by atoms with Crippen LogP contribution in [0.1, 0.15) is 46.6 Å². The maximum Gasteiger partial charge on any atom is 0.269 e. The van der Waals surface area contributed by atoms with E-state index in [1.54, 1.807) is 7.05 Å². The van der Waals surface area contributed by atoms with Crippen LogP contribution in [0.4, 0.5) is 5.82 Å². The van der Waals surface area contributed by atoms with E-state index in [-0.39, 0.29) is 24.2 Å². The third-order valence-corrected chi connectivity index (χ3v) is 4.63. The van der Waals surface area contributed by atoms with Crippen molar-refractivity contribution in [1.29, 1.82) is 0 Å². The number of aromatic amines is 1. The van der Waals surface area contributed by atoms with Crippen molar-refractivity contribution in [1.82, 2.24) is 15.5 Å². The van der Waals surface area contributed by atoms with Crippen molar-refractivity contribution < 1.29 is 14.0 Å². The van der Waals surface area contributed by atoms with Crippen molar-refractivity contribution in [2.75, 3.05) is 12.4 Å². The molecule has 1 atom stereocenters. The Morgan fingerprint density at radius 2 is 2.16 bits per heavy atom. The Hall–Kier alpha value is -3.09. The van der Waals surface area contributed by atoms with Gasteiger partial charge in [0.15, 0.2) is 5.82 Å². The molecule has 3 heterocycles. The smallest absolute Gasteiger partial charge is 0.269 e. The van der Waals surface area contributed by atoms with Gasteiger partial charge in [-0.2, -0.15) is 5.10 Å². The summed E-state index contributed by atoms with van der Waals surface area (Å²) in [7, 11) is 1.57. The van der Waals surface area contributed by atoms with E-state index in [0.29, 0.717) is 23.5 Å². The van der Waals surface area contributed by atoms with Gasteiger partial charge in [-0.1, -0.05) is 25.1 Å². The Labute approximate surface area is 143 Å². The number of para-hydroxylation sites is 1. The molecule has 4 rings (SSSR count). The van der Waals surface area contributed by atoms with Gasteiger partial charge in [-0.3, -0.25) is 14.7 Å². The highest BCUT2D eigenvalue weighted by Crippen LogP contribution is 2.43. The SMILES string of the molecule is CCc1oc2ccccc2c1C1CC(=O)Nc2n[nH]c(C(=O)NC)c21. The van der Waals surface area contributed by atoms with Gasteiger partial charge in [0.1, 0.15) is 17.0 Å². The van der Waals surface area contributed by atoms with Gasteiger partial charge in [-0.25, -0.2) is 0 Å². The van der Waals surface area contributed by atoms with E-state index in [4.69, 9.17) is 4.42 Å². The quantitative estimate of drug-likeness (QED) is 0.683. The maximum atomic E-state index is 12.2. The topological polar surface area (TPSA) is 100 Å². The molecule has 0 fully saturated rings. The lowest BCUT2D eigenvalue weighted by molar-refractivity contribution is -0.116. The van der Waals surface area contributed by atoms with Crippen LogP contribution in [-0.4, -0.2) is 29.1 Å². The second-order valence-electron chi connectivity index (χ2n) is 6.03. The molecule has 0 bridgehead atoms. The van der Waals surface area contributed by atoms with E-state index in [2.05, 4.69) is 20.8 Å². The minimum Gasteiger partial charge on any atom is -0.461 e. The molecular weight excluding hydrogens is 320 g/mol. The number of hydrogen-bond acceptors (Lipinski definition) is 4. The van der Waals surface area contributed by atoms with Gasteiger partial charge in [0, 0.05) is 42.3 Å². The monoisotopic (exact) mass is 338 g/mol. The highest BCUT2D eigenvalue weighted by atomic mass is 16.3. The molecule has 3 N–H and O–H groups in total. The van der Waals surface area contributed by atoms with Gasteiger partial charge in [-0.15, -0.1) is 0 Å². The van der Waals surface area contributed by atoms with E-state index in [1.165, 1.54) is 0 Å². The molecule has 0 saturated heterocycles. The maximum absolute atomic E-state index is 12.2. The van der Waals surface area contributed by atoms with Crippen LogP contribution in [-0.2, 0) is 11.2 Å². The molecular formula is C18H18N4O3. The first-order valence-electron chi connectivity index (χ1n) is 8.24. The molecule has 1 aliphatic rings. The molecule has 2 aromatic heterocycles. The third-order valence-electron chi connectivity index (χ3n) is 4.63. The average Bonchev–Trinajstić information content (AvgIpc) is 3.21. The number of nitrogens with zero attached hydrogens (tertiary/aromatic N) is 1. The number of benzene rings is 1. The lowest BCUT2D eigenvalue weighted by atomic mass is 9.83. The van der Waals surface area contributed by atoms with E-state index in [9.17, 15) is 9.59 Å². The Bertz CT molecular complexity index is 986. The van der Waals surface area contributed by atoms with Crippen molar-refractivity contribution in [3.05, 3.63) is 46.8 Å². The molecule has 3 aromatic rings. The largest absolute Gasteiger partial charge is 0.461 e. The van der Waals surface area contributed by atoms with Crippen LogP contribution in [0.5, 0.6) is 0 Å². The number of amides is 2. The number of fused-ring (bicyclic) bond motifs is 2. The fraction of sp³-hybridized carbons (Fsp3) is 0.278. The number of aryl methyl sites for hydroxylation is 1. The minimum absolute atomic E-state index is 0.125. The van der Waals surface area contributed by atoms with Gasteiger partial charge in [0.05, 0.1) is 0 Å². The zero-order valence-corrected chi connectivity index (χ0v) is 14.0. The first kappa shape index (κ1) is 15.4. The Morgan fingerprint density at radius 1 is 1.36 bits per heavy atom. The van der Waals surface area contributed by atoms with Crippen LogP contribution in [0, 0.1) is 0 Å². The summed E-state index contributed by atoms with van der Waals surface area (Å²) in [5.74, 6) is 0.567. The van der Waals surface area contributed by atoms with E-state index in [1.807, 2.05) is 31.2 Å². The first-order valence-corrected chi connectivity index (χ1v) is 8.24. The van der Waals surface area contributed by atoms with Crippen molar-refractivity contribution in [3.63, 3.8) is 0 Å². The Morgan fingerprint density at radius 3 is 2.92 bits per heavy atom. The predicted octanol–water partition coefficient (Wildman–Crippen LogP) is 2.55. The zero-order valence-electron chi connectivity index (χ0n) is 14.0. The highest BCUT2D eigenvalue weighted by Gasteiger charge is 2.36. The molecule has 25 heavy (non-hydrogen) atoms. The lowest BCUT2D eigenvalue weighted by Gasteiger charge is -2.23. The molecule has 1 unspecified atom stereocenters. The van der Waals surface area contributed by atoms with Crippen molar-refractivity contribution in [2.45, 2.75) is 25.7 Å².